The van der Waals surface area contributed by atoms with Crippen LogP contribution in [-0.2, 0) is 0 Å². The summed E-state index contributed by atoms with van der Waals surface area (Å²) < 4.78 is 2.71. The molecule has 2 atom stereocenters. The molecule has 0 amide bonds. The molecule has 2 unspecified atom stereocenters. The third kappa shape index (κ3) is 1.91. The average Bonchev–Trinajstić information content (AvgIpc) is 2.42. The van der Waals surface area contributed by atoms with Crippen LogP contribution in [-0.4, -0.2) is 37.6 Å². The second-order valence-corrected chi connectivity index (χ2v) is 9.99. The van der Waals surface area contributed by atoms with E-state index in [1.54, 1.807) is 0 Å². The molecule has 0 spiro atoms. The SMILES string of the molecule is CC(C)N1CC2C[N]([RaH])CC2C1. The number of likely N-dealkylation sites (tertiary alicyclic amines) is 1. The summed E-state index contributed by atoms with van der Waals surface area (Å²) in [7, 11) is 0. The van der Waals surface area contributed by atoms with E-state index >= 15 is 0 Å². The Balaban J connectivity index is 1.93. The quantitative estimate of drug-likeness (QED) is 0.652. The first-order chi connectivity index (χ1) is 5.66. The molecule has 0 aromatic rings. The van der Waals surface area contributed by atoms with Crippen LogP contribution in [0.1, 0.15) is 13.8 Å². The van der Waals surface area contributed by atoms with E-state index < -0.39 is 0 Å². The van der Waals surface area contributed by atoms with Gasteiger partial charge in [-0.3, -0.25) is 0 Å². The van der Waals surface area contributed by atoms with Gasteiger partial charge in [-0.05, 0) is 0 Å². The number of hydrogen-bond acceptors (Lipinski definition) is 2. The third-order valence-electron chi connectivity index (χ3n) is 3.43. The van der Waals surface area contributed by atoms with Crippen molar-refractivity contribution in [2.45, 2.75) is 19.9 Å². The molecule has 0 saturated carbocycles. The van der Waals surface area contributed by atoms with Gasteiger partial charge in [0.25, 0.3) is 0 Å². The summed E-state index contributed by atoms with van der Waals surface area (Å²) >= 11 is 0.635. The van der Waals surface area contributed by atoms with Gasteiger partial charge in [-0.25, -0.2) is 0 Å². The third-order valence-corrected chi connectivity index (χ3v) is 6.43. The number of fused-ring (bicyclic) bond motifs is 1. The molecular formula is C9H18N2Ra. The van der Waals surface area contributed by atoms with Crippen molar-refractivity contribution in [1.82, 2.24) is 5.33 Å². The van der Waals surface area contributed by atoms with Gasteiger partial charge in [0.2, 0.25) is 0 Å². The van der Waals surface area contributed by atoms with Crippen LogP contribution in [0.2, 0.25) is 0 Å². The van der Waals surface area contributed by atoms with Crippen molar-refractivity contribution in [3.8, 4) is 0 Å². The molecule has 2 saturated heterocycles. The summed E-state index contributed by atoms with van der Waals surface area (Å²) in [5.74, 6) is 2.05. The molecule has 0 bridgehead atoms. The molecule has 0 aromatic carbocycles. The molecule has 0 N–H and O–H groups in total. The van der Waals surface area contributed by atoms with E-state index in [0.717, 1.165) is 17.9 Å². The number of rotatable bonds is 1. The van der Waals surface area contributed by atoms with Gasteiger partial charge in [0.1, 0.15) is 0 Å². The first kappa shape index (κ1) is 9.92. The molecule has 2 nitrogen and oxygen atoms in total. The van der Waals surface area contributed by atoms with Crippen LogP contribution < -0.4 is 0 Å². The molecule has 0 aromatic heterocycles. The summed E-state index contributed by atoms with van der Waals surface area (Å²) in [6.45, 7) is 10.3. The van der Waals surface area contributed by atoms with E-state index in [1.807, 2.05) is 0 Å². The molecule has 2 rings (SSSR count). The van der Waals surface area contributed by atoms with Crippen molar-refractivity contribution < 1.29 is 43.2 Å². The predicted molar refractivity (Wildman–Crippen MR) is 46.7 cm³/mol. The van der Waals surface area contributed by atoms with Gasteiger partial charge < -0.3 is 0 Å². The van der Waals surface area contributed by atoms with E-state index in [1.165, 1.54) is 26.2 Å². The first-order valence-corrected chi connectivity index (χ1v) is 8.77. The monoisotopic (exact) mass is 380 g/mol. The van der Waals surface area contributed by atoms with Crippen molar-refractivity contribution >= 4 is 0 Å². The molecule has 12 heavy (non-hydrogen) atoms. The Morgan fingerprint density at radius 3 is 2.00 bits per heavy atom. The molecule has 0 aliphatic carbocycles. The predicted octanol–water partition coefficient (Wildman–Crippen LogP) is 0.455. The fraction of sp³-hybridized carbons (Fsp3) is 1.00. The Hall–Kier alpha value is 1.39. The van der Waals surface area contributed by atoms with Gasteiger partial charge in [-0.2, -0.15) is 0 Å². The Morgan fingerprint density at radius 1 is 1.08 bits per heavy atom. The summed E-state index contributed by atoms with van der Waals surface area (Å²) in [5.41, 5.74) is 0. The second kappa shape index (κ2) is 3.86. The van der Waals surface area contributed by atoms with Crippen LogP contribution in [0.3, 0.4) is 0 Å². The molecule has 2 heterocycles. The van der Waals surface area contributed by atoms with Crippen LogP contribution in [0.4, 0.5) is 0 Å². The normalized spacial score (nSPS) is 37.8. The van der Waals surface area contributed by atoms with Crippen molar-refractivity contribution in [3.05, 3.63) is 0 Å². The fourth-order valence-electron chi connectivity index (χ4n) is 2.69. The fourth-order valence-corrected chi connectivity index (χ4v) is 6.54. The van der Waals surface area contributed by atoms with Crippen molar-refractivity contribution in [3.63, 3.8) is 0 Å². The van der Waals surface area contributed by atoms with E-state index in [0.29, 0.717) is 43.2 Å². The van der Waals surface area contributed by atoms with Gasteiger partial charge in [0, 0.05) is 0 Å². The van der Waals surface area contributed by atoms with E-state index in [9.17, 15) is 0 Å². The standard InChI is InChI=1S/C9H17N2.Ra.H/c1-7(2)11-5-8-3-10-4-9(8)6-11;;/h7-9H,3-6H2,1-2H3;;/q-1;+1;. The summed E-state index contributed by atoms with van der Waals surface area (Å²) in [6, 6.07) is 0.770. The van der Waals surface area contributed by atoms with Crippen LogP contribution in [0.5, 0.6) is 0 Å². The summed E-state index contributed by atoms with van der Waals surface area (Å²) in [6.07, 6.45) is 0. The number of hydrogen-bond donors (Lipinski definition) is 0. The van der Waals surface area contributed by atoms with Crippen LogP contribution in [0, 0.1) is 55.0 Å². The zero-order valence-corrected chi connectivity index (χ0v) is 16.7. The molecule has 2 aliphatic rings. The molecule has 66 valence electrons. The molecule has 0 radical (unpaired) electrons. The Morgan fingerprint density at radius 2 is 1.58 bits per heavy atom. The Bertz CT molecular complexity index is 158. The van der Waals surface area contributed by atoms with Gasteiger partial charge in [0.05, 0.1) is 0 Å². The van der Waals surface area contributed by atoms with Crippen molar-refractivity contribution in [1.29, 1.82) is 0 Å². The van der Waals surface area contributed by atoms with Gasteiger partial charge in [-0.15, -0.1) is 0 Å². The zero-order valence-electron chi connectivity index (χ0n) is 8.45. The first-order valence-electron chi connectivity index (χ1n) is 5.09. The van der Waals surface area contributed by atoms with Crippen molar-refractivity contribution in [2.24, 2.45) is 11.8 Å². The molecule has 2 fully saturated rings. The maximum absolute atomic E-state index is 2.71. The van der Waals surface area contributed by atoms with Crippen molar-refractivity contribution in [2.75, 3.05) is 26.2 Å². The second-order valence-electron chi connectivity index (χ2n) is 4.79. The summed E-state index contributed by atoms with van der Waals surface area (Å²) in [4.78, 5) is 2.65. The minimum atomic E-state index is 0.635. The maximum atomic E-state index is 2.71. The zero-order chi connectivity index (χ0) is 8.72. The van der Waals surface area contributed by atoms with Crippen LogP contribution in [0.15, 0.2) is 0 Å². The van der Waals surface area contributed by atoms with Gasteiger partial charge >= 0.3 is 106 Å². The summed E-state index contributed by atoms with van der Waals surface area (Å²) in [5, 5.41) is 0. The van der Waals surface area contributed by atoms with E-state index in [2.05, 4.69) is 19.2 Å². The van der Waals surface area contributed by atoms with Gasteiger partial charge in [-0.1, -0.05) is 0 Å². The van der Waals surface area contributed by atoms with Crippen LogP contribution >= 0.6 is 0 Å². The Labute approximate surface area is 105 Å². The molecular weight excluding hydrogens is 362 g/mol. The molecule has 3 heteroatoms. The Kier molecular flexibility index (Phi) is 3.20. The minimum absolute atomic E-state index is 0.635. The van der Waals surface area contributed by atoms with E-state index in [-0.39, 0.29) is 0 Å². The topological polar surface area (TPSA) is 6.48 Å². The van der Waals surface area contributed by atoms with Crippen LogP contribution in [0.25, 0.3) is 0 Å². The van der Waals surface area contributed by atoms with E-state index in [4.69, 9.17) is 0 Å². The average molecular weight is 380 g/mol. The van der Waals surface area contributed by atoms with Gasteiger partial charge in [0.15, 0.2) is 0 Å². The number of nitrogens with zero attached hydrogens (tertiary/aromatic N) is 2. The molecule has 2 aliphatic heterocycles.